The Morgan fingerprint density at radius 2 is 2.08 bits per heavy atom. The molecule has 0 aromatic rings. The zero-order valence-electron chi connectivity index (χ0n) is 8.68. The van der Waals surface area contributed by atoms with Crippen LogP contribution in [-0.2, 0) is 0 Å². The molecule has 1 nitrogen and oxygen atoms in total. The highest BCUT2D eigenvalue weighted by atomic mass is 14.9. The van der Waals surface area contributed by atoms with Gasteiger partial charge in [0.05, 0.1) is 6.04 Å². The van der Waals surface area contributed by atoms with Crippen LogP contribution in [0.4, 0.5) is 0 Å². The van der Waals surface area contributed by atoms with Crippen LogP contribution in [0.15, 0.2) is 0 Å². The SMILES string of the molecule is C#CC(C)NCCC1CCCCC1. The zero-order chi connectivity index (χ0) is 9.52. The third kappa shape index (κ3) is 4.33. The van der Waals surface area contributed by atoms with Gasteiger partial charge >= 0.3 is 0 Å². The lowest BCUT2D eigenvalue weighted by molar-refractivity contribution is 0.332. The summed E-state index contributed by atoms with van der Waals surface area (Å²) < 4.78 is 0. The second kappa shape index (κ2) is 6.05. The van der Waals surface area contributed by atoms with Crippen molar-refractivity contribution in [2.24, 2.45) is 5.92 Å². The van der Waals surface area contributed by atoms with Crippen LogP contribution in [0, 0.1) is 18.3 Å². The van der Waals surface area contributed by atoms with Crippen molar-refractivity contribution in [1.29, 1.82) is 0 Å². The van der Waals surface area contributed by atoms with Crippen molar-refractivity contribution in [2.45, 2.75) is 51.5 Å². The largest absolute Gasteiger partial charge is 0.304 e. The van der Waals surface area contributed by atoms with Gasteiger partial charge in [0, 0.05) is 0 Å². The fourth-order valence-corrected chi connectivity index (χ4v) is 2.04. The van der Waals surface area contributed by atoms with Gasteiger partial charge in [0.15, 0.2) is 0 Å². The average molecular weight is 179 g/mol. The molecule has 0 radical (unpaired) electrons. The van der Waals surface area contributed by atoms with Crippen molar-refractivity contribution in [3.63, 3.8) is 0 Å². The van der Waals surface area contributed by atoms with Crippen LogP contribution in [0.3, 0.4) is 0 Å². The highest BCUT2D eigenvalue weighted by Crippen LogP contribution is 2.25. The lowest BCUT2D eigenvalue weighted by Gasteiger charge is -2.21. The van der Waals surface area contributed by atoms with Gasteiger partial charge in [-0.05, 0) is 25.8 Å². The number of terminal acetylenes is 1. The first-order valence-electron chi connectivity index (χ1n) is 5.52. The fraction of sp³-hybridized carbons (Fsp3) is 0.833. The van der Waals surface area contributed by atoms with Crippen LogP contribution in [0.5, 0.6) is 0 Å². The topological polar surface area (TPSA) is 12.0 Å². The maximum absolute atomic E-state index is 5.28. The molecule has 0 amide bonds. The molecular formula is C12H21N. The van der Waals surface area contributed by atoms with E-state index in [0.29, 0.717) is 0 Å². The Hall–Kier alpha value is -0.480. The van der Waals surface area contributed by atoms with E-state index in [1.807, 2.05) is 6.92 Å². The molecular weight excluding hydrogens is 158 g/mol. The lowest BCUT2D eigenvalue weighted by Crippen LogP contribution is -2.27. The molecule has 0 bridgehead atoms. The molecule has 1 unspecified atom stereocenters. The summed E-state index contributed by atoms with van der Waals surface area (Å²) in [5.74, 6) is 3.66. The van der Waals surface area contributed by atoms with Gasteiger partial charge < -0.3 is 5.32 Å². The Labute approximate surface area is 82.3 Å². The number of nitrogens with one attached hydrogen (secondary N) is 1. The van der Waals surface area contributed by atoms with E-state index in [1.54, 1.807) is 0 Å². The van der Waals surface area contributed by atoms with Crippen molar-refractivity contribution in [1.82, 2.24) is 5.32 Å². The van der Waals surface area contributed by atoms with Crippen molar-refractivity contribution in [3.05, 3.63) is 0 Å². The smallest absolute Gasteiger partial charge is 0.0658 e. The summed E-state index contributed by atoms with van der Waals surface area (Å²) in [5.41, 5.74) is 0. The molecule has 0 aliphatic heterocycles. The summed E-state index contributed by atoms with van der Waals surface area (Å²) in [6.45, 7) is 3.14. The van der Waals surface area contributed by atoms with Gasteiger partial charge in [0.2, 0.25) is 0 Å². The summed E-state index contributed by atoms with van der Waals surface area (Å²) >= 11 is 0. The Balaban J connectivity index is 2.02. The van der Waals surface area contributed by atoms with Crippen LogP contribution in [0.1, 0.15) is 45.4 Å². The first-order chi connectivity index (χ1) is 6.33. The molecule has 1 saturated carbocycles. The molecule has 0 spiro atoms. The second-order valence-electron chi connectivity index (χ2n) is 4.14. The first-order valence-corrected chi connectivity index (χ1v) is 5.52. The number of rotatable bonds is 4. The van der Waals surface area contributed by atoms with Gasteiger partial charge in [0.25, 0.3) is 0 Å². The summed E-state index contributed by atoms with van der Waals surface area (Å²) in [6, 6.07) is 0.239. The number of hydrogen-bond donors (Lipinski definition) is 1. The minimum Gasteiger partial charge on any atom is -0.304 e. The quantitative estimate of drug-likeness (QED) is 0.654. The van der Waals surface area contributed by atoms with Crippen molar-refractivity contribution >= 4 is 0 Å². The highest BCUT2D eigenvalue weighted by Gasteiger charge is 2.12. The molecule has 1 atom stereocenters. The molecule has 74 valence electrons. The van der Waals surface area contributed by atoms with Gasteiger partial charge in [-0.15, -0.1) is 6.42 Å². The van der Waals surface area contributed by atoms with E-state index in [0.717, 1.165) is 12.5 Å². The predicted octanol–water partition coefficient (Wildman–Crippen LogP) is 2.57. The standard InChI is InChI=1S/C12H21N/c1-3-11(2)13-10-9-12-7-5-4-6-8-12/h1,11-13H,4-10H2,2H3. The van der Waals surface area contributed by atoms with E-state index >= 15 is 0 Å². The molecule has 13 heavy (non-hydrogen) atoms. The van der Waals surface area contributed by atoms with Crippen LogP contribution < -0.4 is 5.32 Å². The Morgan fingerprint density at radius 1 is 1.38 bits per heavy atom. The normalized spacial score (nSPS) is 20.9. The Morgan fingerprint density at radius 3 is 2.69 bits per heavy atom. The summed E-state index contributed by atoms with van der Waals surface area (Å²) in [7, 11) is 0. The molecule has 0 aromatic heterocycles. The van der Waals surface area contributed by atoms with E-state index in [4.69, 9.17) is 6.42 Å². The van der Waals surface area contributed by atoms with E-state index in [2.05, 4.69) is 11.2 Å². The molecule has 0 aromatic carbocycles. The molecule has 0 heterocycles. The van der Waals surface area contributed by atoms with Gasteiger partial charge in [0.1, 0.15) is 0 Å². The molecule has 1 fully saturated rings. The third-order valence-electron chi connectivity index (χ3n) is 2.98. The monoisotopic (exact) mass is 179 g/mol. The molecule has 1 aliphatic carbocycles. The highest BCUT2D eigenvalue weighted by molar-refractivity contribution is 4.95. The van der Waals surface area contributed by atoms with Crippen molar-refractivity contribution in [2.75, 3.05) is 6.54 Å². The van der Waals surface area contributed by atoms with E-state index < -0.39 is 0 Å². The lowest BCUT2D eigenvalue weighted by atomic mass is 9.87. The average Bonchev–Trinajstić information content (AvgIpc) is 2.19. The van der Waals surface area contributed by atoms with Crippen molar-refractivity contribution < 1.29 is 0 Å². The molecule has 1 heteroatoms. The molecule has 1 N–H and O–H groups in total. The Kier molecular flexibility index (Phi) is 4.93. The third-order valence-corrected chi connectivity index (χ3v) is 2.98. The van der Waals surface area contributed by atoms with Crippen LogP contribution >= 0.6 is 0 Å². The summed E-state index contributed by atoms with van der Waals surface area (Å²) in [4.78, 5) is 0. The minimum absolute atomic E-state index is 0.239. The zero-order valence-corrected chi connectivity index (χ0v) is 8.68. The predicted molar refractivity (Wildman–Crippen MR) is 57.5 cm³/mol. The second-order valence-corrected chi connectivity index (χ2v) is 4.14. The van der Waals surface area contributed by atoms with Gasteiger partial charge in [-0.25, -0.2) is 0 Å². The fourth-order valence-electron chi connectivity index (χ4n) is 2.04. The first kappa shape index (κ1) is 10.6. The van der Waals surface area contributed by atoms with Crippen LogP contribution in [0.2, 0.25) is 0 Å². The molecule has 1 aliphatic rings. The maximum Gasteiger partial charge on any atom is 0.0658 e. The van der Waals surface area contributed by atoms with E-state index in [1.165, 1.54) is 38.5 Å². The molecule has 1 rings (SSSR count). The van der Waals surface area contributed by atoms with Gasteiger partial charge in [-0.3, -0.25) is 0 Å². The van der Waals surface area contributed by atoms with E-state index in [9.17, 15) is 0 Å². The summed E-state index contributed by atoms with van der Waals surface area (Å²) in [6.07, 6.45) is 13.8. The Bertz CT molecular complexity index is 162. The molecule has 0 saturated heterocycles. The van der Waals surface area contributed by atoms with E-state index in [-0.39, 0.29) is 6.04 Å². The van der Waals surface area contributed by atoms with Crippen molar-refractivity contribution in [3.8, 4) is 12.3 Å². The maximum atomic E-state index is 5.28. The van der Waals surface area contributed by atoms with Gasteiger partial charge in [-0.1, -0.05) is 38.0 Å². The van der Waals surface area contributed by atoms with Crippen LogP contribution in [0.25, 0.3) is 0 Å². The van der Waals surface area contributed by atoms with Crippen LogP contribution in [-0.4, -0.2) is 12.6 Å². The number of hydrogen-bond acceptors (Lipinski definition) is 1. The van der Waals surface area contributed by atoms with Gasteiger partial charge in [-0.2, -0.15) is 0 Å². The summed E-state index contributed by atoms with van der Waals surface area (Å²) in [5, 5.41) is 3.34. The minimum atomic E-state index is 0.239.